The molecule has 0 atom stereocenters. The van der Waals surface area contributed by atoms with Crippen molar-refractivity contribution in [1.29, 1.82) is 0 Å². The van der Waals surface area contributed by atoms with Crippen molar-refractivity contribution in [1.82, 2.24) is 9.97 Å². The van der Waals surface area contributed by atoms with E-state index in [1.807, 2.05) is 0 Å². The van der Waals surface area contributed by atoms with Gasteiger partial charge >= 0.3 is 0 Å². The molecule has 1 aliphatic rings. The molecule has 106 valence electrons. The smallest absolute Gasteiger partial charge is 0.134 e. The van der Waals surface area contributed by atoms with Gasteiger partial charge in [0.25, 0.3) is 0 Å². The minimum atomic E-state index is -0.140. The van der Waals surface area contributed by atoms with Gasteiger partial charge in [0.15, 0.2) is 0 Å². The Labute approximate surface area is 115 Å². The maximum atomic E-state index is 6.02. The molecule has 1 aromatic heterocycles. The fraction of sp³-hybridized carbons (Fsp3) is 0.714. The van der Waals surface area contributed by atoms with Crippen LogP contribution in [0.25, 0.3) is 0 Å². The van der Waals surface area contributed by atoms with Gasteiger partial charge in [0.05, 0.1) is 0 Å². The molecule has 19 heavy (non-hydrogen) atoms. The quantitative estimate of drug-likeness (QED) is 0.875. The maximum Gasteiger partial charge on any atom is 0.134 e. The molecule has 0 unspecified atom stereocenters. The minimum absolute atomic E-state index is 0.140. The monoisotopic (exact) mass is 263 g/mol. The van der Waals surface area contributed by atoms with Gasteiger partial charge < -0.3 is 15.5 Å². The van der Waals surface area contributed by atoms with Crippen molar-refractivity contribution in [2.45, 2.75) is 38.6 Å². The number of anilines is 2. The van der Waals surface area contributed by atoms with Crippen molar-refractivity contribution in [3.63, 3.8) is 0 Å². The summed E-state index contributed by atoms with van der Waals surface area (Å²) in [5.41, 5.74) is 5.88. The van der Waals surface area contributed by atoms with Gasteiger partial charge in [0.2, 0.25) is 0 Å². The van der Waals surface area contributed by atoms with Gasteiger partial charge in [-0.05, 0) is 33.1 Å². The second kappa shape index (κ2) is 5.74. The van der Waals surface area contributed by atoms with Crippen LogP contribution < -0.4 is 15.5 Å². The van der Waals surface area contributed by atoms with Crippen LogP contribution in [-0.2, 0) is 0 Å². The zero-order valence-electron chi connectivity index (χ0n) is 12.3. The normalized spacial score (nSPS) is 15.9. The fourth-order valence-corrected chi connectivity index (χ4v) is 2.24. The Morgan fingerprint density at radius 1 is 1.32 bits per heavy atom. The Balaban J connectivity index is 2.01. The molecule has 0 radical (unpaired) electrons. The van der Waals surface area contributed by atoms with Crippen molar-refractivity contribution < 1.29 is 0 Å². The largest absolute Gasteiger partial charge is 0.359 e. The molecule has 1 aliphatic heterocycles. The van der Waals surface area contributed by atoms with Crippen LogP contribution >= 0.6 is 0 Å². The Bertz CT molecular complexity index is 407. The molecule has 2 rings (SSSR count). The summed E-state index contributed by atoms with van der Waals surface area (Å²) in [5.74, 6) is 2.02. The number of rotatable bonds is 5. The summed E-state index contributed by atoms with van der Waals surface area (Å²) in [7, 11) is 2.06. The predicted molar refractivity (Wildman–Crippen MR) is 79.6 cm³/mol. The van der Waals surface area contributed by atoms with Crippen LogP contribution in [0.5, 0.6) is 0 Å². The van der Waals surface area contributed by atoms with E-state index in [1.54, 1.807) is 6.33 Å². The lowest BCUT2D eigenvalue weighted by Crippen LogP contribution is -2.36. The molecule has 1 fully saturated rings. The predicted octanol–water partition coefficient (Wildman–Crippen LogP) is 1.64. The van der Waals surface area contributed by atoms with Crippen LogP contribution in [0.2, 0.25) is 0 Å². The first kappa shape index (κ1) is 14.1. The molecule has 2 N–H and O–H groups in total. The van der Waals surface area contributed by atoms with E-state index in [9.17, 15) is 0 Å². The summed E-state index contributed by atoms with van der Waals surface area (Å²) in [4.78, 5) is 13.2. The summed E-state index contributed by atoms with van der Waals surface area (Å²) < 4.78 is 0. The summed E-state index contributed by atoms with van der Waals surface area (Å²) in [6, 6.07) is 2.08. The molecular formula is C14H25N5. The van der Waals surface area contributed by atoms with Gasteiger partial charge in [-0.3, -0.25) is 0 Å². The van der Waals surface area contributed by atoms with Crippen molar-refractivity contribution in [3.05, 3.63) is 12.4 Å². The van der Waals surface area contributed by atoms with Crippen LogP contribution in [0, 0.1) is 0 Å². The Kier molecular flexibility index (Phi) is 4.24. The summed E-state index contributed by atoms with van der Waals surface area (Å²) in [6.45, 7) is 7.22. The molecule has 5 nitrogen and oxygen atoms in total. The zero-order chi connectivity index (χ0) is 13.9. The molecule has 0 spiro atoms. The van der Waals surface area contributed by atoms with E-state index in [4.69, 9.17) is 5.73 Å². The lowest BCUT2D eigenvalue weighted by Gasteiger charge is -2.25. The van der Waals surface area contributed by atoms with Gasteiger partial charge in [0.1, 0.15) is 18.0 Å². The van der Waals surface area contributed by atoms with Crippen LogP contribution in [0.4, 0.5) is 11.6 Å². The number of nitrogens with two attached hydrogens (primary N) is 1. The topological polar surface area (TPSA) is 58.3 Å². The molecule has 2 heterocycles. The van der Waals surface area contributed by atoms with Gasteiger partial charge in [-0.25, -0.2) is 9.97 Å². The van der Waals surface area contributed by atoms with E-state index in [0.29, 0.717) is 0 Å². The zero-order valence-corrected chi connectivity index (χ0v) is 12.3. The highest BCUT2D eigenvalue weighted by molar-refractivity contribution is 5.50. The highest BCUT2D eigenvalue weighted by Crippen LogP contribution is 2.21. The van der Waals surface area contributed by atoms with E-state index >= 15 is 0 Å². The van der Waals surface area contributed by atoms with Gasteiger partial charge in [0, 0.05) is 38.3 Å². The maximum absolute atomic E-state index is 6.02. The second-order valence-corrected chi connectivity index (χ2v) is 6.09. The van der Waals surface area contributed by atoms with E-state index in [2.05, 4.69) is 46.7 Å². The Hall–Kier alpha value is -1.36. The lowest BCUT2D eigenvalue weighted by atomic mass is 10.0. The van der Waals surface area contributed by atoms with Gasteiger partial charge in [-0.1, -0.05) is 0 Å². The van der Waals surface area contributed by atoms with Gasteiger partial charge in [-0.15, -0.1) is 0 Å². The van der Waals surface area contributed by atoms with Crippen molar-refractivity contribution >= 4 is 11.6 Å². The van der Waals surface area contributed by atoms with E-state index in [-0.39, 0.29) is 5.54 Å². The SMILES string of the molecule is CN(CCC(C)(C)N)c1cc(N2CCCC2)ncn1. The number of hydrogen-bond donors (Lipinski definition) is 1. The molecule has 0 saturated carbocycles. The number of nitrogens with zero attached hydrogens (tertiary/aromatic N) is 4. The standard InChI is InChI=1S/C14H25N5/c1-14(2,15)6-9-18(3)12-10-13(17-11-16-12)19-7-4-5-8-19/h10-11H,4-9,15H2,1-3H3. The molecular weight excluding hydrogens is 238 g/mol. The Morgan fingerprint density at radius 3 is 2.63 bits per heavy atom. The third-order valence-electron chi connectivity index (χ3n) is 3.55. The van der Waals surface area contributed by atoms with Crippen LogP contribution in [-0.4, -0.2) is 42.2 Å². The van der Waals surface area contributed by atoms with E-state index < -0.39 is 0 Å². The molecule has 5 heteroatoms. The van der Waals surface area contributed by atoms with Crippen LogP contribution in [0.3, 0.4) is 0 Å². The van der Waals surface area contributed by atoms with Gasteiger partial charge in [-0.2, -0.15) is 0 Å². The average molecular weight is 263 g/mol. The fourth-order valence-electron chi connectivity index (χ4n) is 2.24. The first-order chi connectivity index (χ1) is 8.96. The summed E-state index contributed by atoms with van der Waals surface area (Å²) in [6.07, 6.45) is 5.12. The first-order valence-electron chi connectivity index (χ1n) is 7.03. The van der Waals surface area contributed by atoms with Crippen molar-refractivity contribution in [3.8, 4) is 0 Å². The third kappa shape index (κ3) is 4.06. The van der Waals surface area contributed by atoms with E-state index in [0.717, 1.165) is 37.7 Å². The minimum Gasteiger partial charge on any atom is -0.359 e. The lowest BCUT2D eigenvalue weighted by molar-refractivity contribution is 0.478. The Morgan fingerprint density at radius 2 is 2.00 bits per heavy atom. The van der Waals surface area contributed by atoms with Crippen LogP contribution in [0.15, 0.2) is 12.4 Å². The highest BCUT2D eigenvalue weighted by Gasteiger charge is 2.16. The van der Waals surface area contributed by atoms with Crippen molar-refractivity contribution in [2.75, 3.05) is 36.5 Å². The summed E-state index contributed by atoms with van der Waals surface area (Å²) >= 11 is 0. The molecule has 0 aliphatic carbocycles. The molecule has 1 saturated heterocycles. The molecule has 0 bridgehead atoms. The van der Waals surface area contributed by atoms with E-state index in [1.165, 1.54) is 12.8 Å². The third-order valence-corrected chi connectivity index (χ3v) is 3.55. The average Bonchev–Trinajstić information content (AvgIpc) is 2.89. The highest BCUT2D eigenvalue weighted by atomic mass is 15.2. The number of hydrogen-bond acceptors (Lipinski definition) is 5. The van der Waals surface area contributed by atoms with Crippen LogP contribution in [0.1, 0.15) is 33.1 Å². The molecule has 0 amide bonds. The summed E-state index contributed by atoms with van der Waals surface area (Å²) in [5, 5.41) is 0. The van der Waals surface area contributed by atoms with Crippen molar-refractivity contribution in [2.24, 2.45) is 5.73 Å². The molecule has 0 aromatic carbocycles. The number of aromatic nitrogens is 2. The molecule has 1 aromatic rings. The first-order valence-corrected chi connectivity index (χ1v) is 7.03. The second-order valence-electron chi connectivity index (χ2n) is 6.09.